The quantitative estimate of drug-likeness (QED) is 0.413. The van der Waals surface area contributed by atoms with E-state index < -0.39 is 21.4 Å². The van der Waals surface area contributed by atoms with Gasteiger partial charge in [-0.25, -0.2) is 0 Å². The number of aliphatic carboxylic acids is 1. The summed E-state index contributed by atoms with van der Waals surface area (Å²) in [5, 5.41) is 34.1. The number of hydroxylamine groups is 3. The molecule has 0 unspecified atom stereocenters. The van der Waals surface area contributed by atoms with Crippen molar-refractivity contribution >= 4 is 5.97 Å². The summed E-state index contributed by atoms with van der Waals surface area (Å²) in [5.41, 5.74) is 0.527. The van der Waals surface area contributed by atoms with Gasteiger partial charge in [0.1, 0.15) is 10.8 Å². The Kier molecular flexibility index (Phi) is 6.33. The van der Waals surface area contributed by atoms with Gasteiger partial charge in [-0.3, -0.25) is 4.79 Å². The van der Waals surface area contributed by atoms with Gasteiger partial charge in [-0.05, 0) is 16.7 Å². The van der Waals surface area contributed by atoms with Crippen molar-refractivity contribution in [1.82, 2.24) is 0 Å². The number of hydrogen-bond donors (Lipinski definition) is 1. The normalized spacial score (nSPS) is 22.9. The first kappa shape index (κ1) is 22.7. The molecule has 0 saturated carbocycles. The molecule has 0 aliphatic carbocycles. The Hall–Kier alpha value is -3.46. The zero-order chi connectivity index (χ0) is 23.4. The second-order valence-electron chi connectivity index (χ2n) is 8.98. The molecule has 4 rings (SSSR count). The van der Waals surface area contributed by atoms with Crippen LogP contribution in [0.5, 0.6) is 0 Å². The van der Waals surface area contributed by atoms with E-state index in [1.54, 1.807) is 0 Å². The fourth-order valence-corrected chi connectivity index (χ4v) is 5.09. The van der Waals surface area contributed by atoms with E-state index in [9.17, 15) is 20.4 Å². The van der Waals surface area contributed by atoms with Gasteiger partial charge in [-0.15, -0.1) is 0 Å². The lowest BCUT2D eigenvalue weighted by Gasteiger charge is -2.51. The molecule has 0 radical (unpaired) electrons. The number of nitriles is 1. The number of nitrogens with zero attached hydrogens (tertiary/aromatic N) is 2. The minimum absolute atomic E-state index is 0.215. The van der Waals surface area contributed by atoms with Crippen LogP contribution in [0.3, 0.4) is 0 Å². The molecule has 5 heteroatoms. The van der Waals surface area contributed by atoms with E-state index >= 15 is 0 Å². The van der Waals surface area contributed by atoms with Crippen LogP contribution >= 0.6 is 0 Å². The molecule has 5 nitrogen and oxygen atoms in total. The molecule has 3 aromatic rings. The Labute approximate surface area is 194 Å². The average molecular weight is 441 g/mol. The second-order valence-corrected chi connectivity index (χ2v) is 8.98. The topological polar surface area (TPSA) is 84.1 Å². The zero-order valence-electron chi connectivity index (χ0n) is 18.6. The lowest BCUT2D eigenvalue weighted by molar-refractivity contribution is -0.887. The second kappa shape index (κ2) is 9.19. The van der Waals surface area contributed by atoms with Crippen molar-refractivity contribution in [1.29, 1.82) is 5.26 Å². The predicted octanol–water partition coefficient (Wildman–Crippen LogP) is 5.02. The number of carboxylic acid groups (broad SMARTS) is 1. The molecule has 3 aromatic carbocycles. The molecule has 1 N–H and O–H groups in total. The van der Waals surface area contributed by atoms with Gasteiger partial charge in [0.2, 0.25) is 0 Å². The SMILES string of the molecule is N#CC(CC[N+]1([O-])CCC(C(=O)O)(c2ccccc2)CC1)(c1ccccc1)c1ccccc1. The molecular formula is C28H28N2O3. The third kappa shape index (κ3) is 4.28. The van der Waals surface area contributed by atoms with Crippen LogP contribution in [0.2, 0.25) is 0 Å². The maximum absolute atomic E-state index is 13.7. The molecule has 0 aromatic heterocycles. The van der Waals surface area contributed by atoms with Gasteiger partial charge in [0.05, 0.1) is 25.7 Å². The van der Waals surface area contributed by atoms with Crippen LogP contribution < -0.4 is 0 Å². The van der Waals surface area contributed by atoms with E-state index in [1.807, 2.05) is 91.0 Å². The summed E-state index contributed by atoms with van der Waals surface area (Å²) in [6, 6.07) is 31.0. The summed E-state index contributed by atoms with van der Waals surface area (Å²) < 4.78 is -0.481. The number of likely N-dealkylation sites (tertiary alicyclic amines) is 1. The number of piperidine rings is 1. The number of rotatable bonds is 7. The fraction of sp³-hybridized carbons (Fsp3) is 0.286. The van der Waals surface area contributed by atoms with Gasteiger partial charge in [0.15, 0.2) is 0 Å². The first-order valence-electron chi connectivity index (χ1n) is 11.3. The Morgan fingerprint density at radius 2 is 1.36 bits per heavy atom. The summed E-state index contributed by atoms with van der Waals surface area (Å²) >= 11 is 0. The van der Waals surface area contributed by atoms with Crippen molar-refractivity contribution in [2.45, 2.75) is 30.1 Å². The summed E-state index contributed by atoms with van der Waals surface area (Å²) in [4.78, 5) is 12.3. The fourth-order valence-electron chi connectivity index (χ4n) is 5.09. The number of hydrogen-bond acceptors (Lipinski definition) is 3. The van der Waals surface area contributed by atoms with E-state index in [-0.39, 0.29) is 32.5 Å². The van der Waals surface area contributed by atoms with Crippen LogP contribution in [-0.2, 0) is 15.6 Å². The van der Waals surface area contributed by atoms with E-state index in [0.29, 0.717) is 6.42 Å². The van der Waals surface area contributed by atoms with Crippen molar-refractivity contribution in [2.75, 3.05) is 19.6 Å². The van der Waals surface area contributed by atoms with Gasteiger partial charge in [-0.1, -0.05) is 91.0 Å². The highest BCUT2D eigenvalue weighted by Crippen LogP contribution is 2.40. The molecule has 0 spiro atoms. The molecule has 0 bridgehead atoms. The summed E-state index contributed by atoms with van der Waals surface area (Å²) in [5.74, 6) is -0.875. The molecule has 0 amide bonds. The maximum Gasteiger partial charge on any atom is 0.314 e. The van der Waals surface area contributed by atoms with Gasteiger partial charge >= 0.3 is 5.97 Å². The largest absolute Gasteiger partial charge is 0.633 e. The van der Waals surface area contributed by atoms with Gasteiger partial charge in [0.25, 0.3) is 0 Å². The Morgan fingerprint density at radius 1 is 0.909 bits per heavy atom. The summed E-state index contributed by atoms with van der Waals surface area (Å²) in [7, 11) is 0. The van der Waals surface area contributed by atoms with Crippen LogP contribution in [0.15, 0.2) is 91.0 Å². The van der Waals surface area contributed by atoms with Gasteiger partial charge < -0.3 is 15.0 Å². The highest BCUT2D eigenvalue weighted by atomic mass is 16.5. The molecular weight excluding hydrogens is 412 g/mol. The van der Waals surface area contributed by atoms with Crippen molar-refractivity contribution in [3.05, 3.63) is 113 Å². The van der Waals surface area contributed by atoms with Crippen molar-refractivity contribution < 1.29 is 14.5 Å². The minimum atomic E-state index is -1.03. The van der Waals surface area contributed by atoms with E-state index in [0.717, 1.165) is 16.7 Å². The van der Waals surface area contributed by atoms with E-state index in [4.69, 9.17) is 0 Å². The summed E-state index contributed by atoms with van der Waals surface area (Å²) in [6.07, 6.45) is 0.935. The highest BCUT2D eigenvalue weighted by molar-refractivity contribution is 5.81. The number of carbonyl (C=O) groups is 1. The third-order valence-electron chi connectivity index (χ3n) is 7.25. The van der Waals surface area contributed by atoms with E-state index in [1.165, 1.54) is 0 Å². The molecule has 33 heavy (non-hydrogen) atoms. The van der Waals surface area contributed by atoms with E-state index in [2.05, 4.69) is 6.07 Å². The molecule has 1 heterocycles. The van der Waals surface area contributed by atoms with Crippen LogP contribution in [0.1, 0.15) is 36.0 Å². The van der Waals surface area contributed by atoms with Gasteiger partial charge in [0, 0.05) is 19.3 Å². The van der Waals surface area contributed by atoms with Gasteiger partial charge in [-0.2, -0.15) is 5.26 Å². The average Bonchev–Trinajstić information content (AvgIpc) is 2.87. The first-order valence-corrected chi connectivity index (χ1v) is 11.3. The first-order chi connectivity index (χ1) is 15.9. The molecule has 1 saturated heterocycles. The highest BCUT2D eigenvalue weighted by Gasteiger charge is 2.47. The molecule has 1 aliphatic heterocycles. The third-order valence-corrected chi connectivity index (χ3v) is 7.25. The molecule has 1 aliphatic rings. The predicted molar refractivity (Wildman–Crippen MR) is 127 cm³/mol. The Bertz CT molecular complexity index is 1080. The Balaban J connectivity index is 1.58. The van der Waals surface area contributed by atoms with Crippen molar-refractivity contribution in [2.24, 2.45) is 0 Å². The van der Waals surface area contributed by atoms with Crippen molar-refractivity contribution in [3.63, 3.8) is 0 Å². The smallest absolute Gasteiger partial charge is 0.314 e. The molecule has 1 fully saturated rings. The standard InChI is InChI=1S/C28H28N2O3/c29-22-28(24-12-6-2-7-13-24,25-14-8-3-9-15-25)18-21-30(33)19-16-27(17-20-30,26(31)32)23-10-4-1-5-11-23/h1-15H,16-21H2,(H,31,32). The number of carboxylic acids is 1. The van der Waals surface area contributed by atoms with Crippen LogP contribution in [0.4, 0.5) is 0 Å². The van der Waals surface area contributed by atoms with Crippen LogP contribution in [-0.4, -0.2) is 35.4 Å². The molecule has 0 atom stereocenters. The van der Waals surface area contributed by atoms with Crippen LogP contribution in [0.25, 0.3) is 0 Å². The number of quaternary nitrogens is 1. The Morgan fingerprint density at radius 3 is 1.79 bits per heavy atom. The number of benzene rings is 3. The van der Waals surface area contributed by atoms with Crippen LogP contribution in [0, 0.1) is 16.5 Å². The minimum Gasteiger partial charge on any atom is -0.633 e. The monoisotopic (exact) mass is 440 g/mol. The van der Waals surface area contributed by atoms with Crippen molar-refractivity contribution in [3.8, 4) is 6.07 Å². The maximum atomic E-state index is 13.7. The zero-order valence-corrected chi connectivity index (χ0v) is 18.6. The lowest BCUT2D eigenvalue weighted by atomic mass is 9.71. The summed E-state index contributed by atoms with van der Waals surface area (Å²) in [6.45, 7) is 0.681. The lowest BCUT2D eigenvalue weighted by Crippen LogP contribution is -2.56. The molecule has 168 valence electrons.